The molecule has 1 aromatic rings. The lowest BCUT2D eigenvalue weighted by Crippen LogP contribution is -2.36. The third-order valence-corrected chi connectivity index (χ3v) is 3.98. The quantitative estimate of drug-likeness (QED) is 0.777. The maximum atomic E-state index is 11.9. The Bertz CT molecular complexity index is 600. The highest BCUT2D eigenvalue weighted by atomic mass is 32.2. The summed E-state index contributed by atoms with van der Waals surface area (Å²) in [5, 5.41) is 1.65. The normalized spacial score (nSPS) is 12.0. The summed E-state index contributed by atoms with van der Waals surface area (Å²) in [6, 6.07) is 5.52. The van der Waals surface area contributed by atoms with Crippen molar-refractivity contribution in [3.05, 3.63) is 24.3 Å². The van der Waals surface area contributed by atoms with Crippen LogP contribution in [0.2, 0.25) is 0 Å². The van der Waals surface area contributed by atoms with E-state index in [1.54, 1.807) is 5.32 Å². The van der Waals surface area contributed by atoms with Crippen LogP contribution in [0, 0.1) is 0 Å². The molecule has 0 saturated carbocycles. The van der Waals surface area contributed by atoms with E-state index in [4.69, 9.17) is 4.74 Å². The molecule has 0 aromatic heterocycles. The van der Waals surface area contributed by atoms with E-state index < -0.39 is 35.1 Å². The van der Waals surface area contributed by atoms with Gasteiger partial charge in [0.05, 0.1) is 12.0 Å². The zero-order chi connectivity index (χ0) is 16.8. The number of halogens is 3. The van der Waals surface area contributed by atoms with Crippen molar-refractivity contribution in [2.24, 2.45) is 0 Å². The first-order chi connectivity index (χ1) is 10.1. The van der Waals surface area contributed by atoms with Gasteiger partial charge >= 0.3 is 6.18 Å². The number of sulfonamides is 1. The van der Waals surface area contributed by atoms with Gasteiger partial charge in [-0.1, -0.05) is 0 Å². The van der Waals surface area contributed by atoms with Gasteiger partial charge in [-0.3, -0.25) is 4.79 Å². The fourth-order valence-corrected chi connectivity index (χ4v) is 2.46. The van der Waals surface area contributed by atoms with Crippen LogP contribution in [0.3, 0.4) is 0 Å². The second-order valence-electron chi connectivity index (χ2n) is 4.22. The average Bonchev–Trinajstić information content (AvgIpc) is 2.44. The van der Waals surface area contributed by atoms with Crippen molar-refractivity contribution in [2.75, 3.05) is 20.2 Å². The van der Waals surface area contributed by atoms with Crippen LogP contribution in [0.25, 0.3) is 0 Å². The first kappa shape index (κ1) is 18.2. The average molecular weight is 340 g/mol. The van der Waals surface area contributed by atoms with Crippen molar-refractivity contribution >= 4 is 15.9 Å². The number of methoxy groups -OCH3 is 1. The molecule has 0 aliphatic heterocycles. The molecule has 0 aliphatic rings. The molecule has 10 heteroatoms. The van der Waals surface area contributed by atoms with Gasteiger partial charge < -0.3 is 10.1 Å². The molecule has 0 radical (unpaired) electrons. The predicted octanol–water partition coefficient (Wildman–Crippen LogP) is 1.04. The minimum atomic E-state index is -4.50. The molecule has 124 valence electrons. The number of carbonyl (C=O) groups excluding carboxylic acids is 1. The first-order valence-corrected chi connectivity index (χ1v) is 7.59. The van der Waals surface area contributed by atoms with Gasteiger partial charge in [0.25, 0.3) is 0 Å². The van der Waals surface area contributed by atoms with Crippen LogP contribution in [0.4, 0.5) is 13.2 Å². The highest BCUT2D eigenvalue weighted by Crippen LogP contribution is 2.15. The summed E-state index contributed by atoms with van der Waals surface area (Å²) in [6.45, 7) is -1.75. The third kappa shape index (κ3) is 6.31. The monoisotopic (exact) mass is 340 g/mol. The number of hydrogen-bond donors (Lipinski definition) is 2. The molecule has 0 aliphatic carbocycles. The largest absolute Gasteiger partial charge is 0.497 e. The highest BCUT2D eigenvalue weighted by molar-refractivity contribution is 7.89. The number of hydrogen-bond acceptors (Lipinski definition) is 4. The molecule has 0 spiro atoms. The van der Waals surface area contributed by atoms with Crippen molar-refractivity contribution < 1.29 is 31.1 Å². The maximum Gasteiger partial charge on any atom is 0.405 e. The molecule has 0 heterocycles. The van der Waals surface area contributed by atoms with Gasteiger partial charge in [-0.2, -0.15) is 13.2 Å². The second kappa shape index (κ2) is 7.45. The van der Waals surface area contributed by atoms with Gasteiger partial charge in [0.15, 0.2) is 0 Å². The van der Waals surface area contributed by atoms with E-state index in [2.05, 4.69) is 4.72 Å². The van der Waals surface area contributed by atoms with Crippen molar-refractivity contribution in [3.63, 3.8) is 0 Å². The number of rotatable bonds is 7. The van der Waals surface area contributed by atoms with Crippen LogP contribution in [0.15, 0.2) is 29.2 Å². The molecular weight excluding hydrogens is 325 g/mol. The van der Waals surface area contributed by atoms with E-state index in [9.17, 15) is 26.4 Å². The molecule has 0 unspecified atom stereocenters. The maximum absolute atomic E-state index is 11.9. The van der Waals surface area contributed by atoms with Crippen LogP contribution in [-0.4, -0.2) is 40.7 Å². The molecule has 1 rings (SSSR count). The lowest BCUT2D eigenvalue weighted by atomic mass is 10.3. The SMILES string of the molecule is COc1ccc(S(=O)(=O)NCCC(=O)NCC(F)(F)F)cc1. The molecule has 0 atom stereocenters. The van der Waals surface area contributed by atoms with Crippen LogP contribution < -0.4 is 14.8 Å². The lowest BCUT2D eigenvalue weighted by molar-refractivity contribution is -0.138. The van der Waals surface area contributed by atoms with Crippen molar-refractivity contribution in [1.82, 2.24) is 10.0 Å². The number of benzene rings is 1. The van der Waals surface area contributed by atoms with Gasteiger partial charge in [0, 0.05) is 13.0 Å². The Kier molecular flexibility index (Phi) is 6.18. The standard InChI is InChI=1S/C12H15F3N2O4S/c1-21-9-2-4-10(5-3-9)22(19,20)17-7-6-11(18)16-8-12(13,14)15/h2-5,17H,6-8H2,1H3,(H,16,18). The third-order valence-electron chi connectivity index (χ3n) is 2.50. The molecule has 0 saturated heterocycles. The van der Waals surface area contributed by atoms with E-state index >= 15 is 0 Å². The number of alkyl halides is 3. The number of carbonyl (C=O) groups is 1. The van der Waals surface area contributed by atoms with Crippen molar-refractivity contribution in [1.29, 1.82) is 0 Å². The lowest BCUT2D eigenvalue weighted by Gasteiger charge is -2.09. The molecule has 6 nitrogen and oxygen atoms in total. The zero-order valence-electron chi connectivity index (χ0n) is 11.6. The summed E-state index contributed by atoms with van der Waals surface area (Å²) >= 11 is 0. The Morgan fingerprint density at radius 1 is 1.23 bits per heavy atom. The topological polar surface area (TPSA) is 84.5 Å². The van der Waals surface area contributed by atoms with Crippen molar-refractivity contribution in [3.8, 4) is 5.75 Å². The Morgan fingerprint density at radius 2 is 1.82 bits per heavy atom. The van der Waals surface area contributed by atoms with Crippen LogP contribution in [-0.2, 0) is 14.8 Å². The molecule has 0 bridgehead atoms. The van der Waals surface area contributed by atoms with Crippen LogP contribution in [0.5, 0.6) is 5.75 Å². The van der Waals surface area contributed by atoms with E-state index in [-0.39, 0.29) is 11.4 Å². The van der Waals surface area contributed by atoms with Crippen LogP contribution in [0.1, 0.15) is 6.42 Å². The molecule has 1 amide bonds. The fourth-order valence-electron chi connectivity index (χ4n) is 1.42. The predicted molar refractivity (Wildman–Crippen MR) is 71.9 cm³/mol. The molecule has 0 fully saturated rings. The molecular formula is C12H15F3N2O4S. The molecule has 22 heavy (non-hydrogen) atoms. The second-order valence-corrected chi connectivity index (χ2v) is 5.98. The summed E-state index contributed by atoms with van der Waals surface area (Å²) < 4.78 is 66.4. The Balaban J connectivity index is 2.47. The van der Waals surface area contributed by atoms with E-state index in [0.717, 1.165) is 0 Å². The number of amides is 1. The molecule has 2 N–H and O–H groups in total. The number of ether oxygens (including phenoxy) is 1. The Labute approximate surface area is 125 Å². The van der Waals surface area contributed by atoms with Gasteiger partial charge in [-0.15, -0.1) is 0 Å². The van der Waals surface area contributed by atoms with Crippen molar-refractivity contribution in [2.45, 2.75) is 17.5 Å². The van der Waals surface area contributed by atoms with Gasteiger partial charge in [-0.25, -0.2) is 13.1 Å². The summed E-state index contributed by atoms with van der Waals surface area (Å²) in [6.07, 6.45) is -4.90. The van der Waals surface area contributed by atoms with Crippen LogP contribution >= 0.6 is 0 Å². The molecule has 1 aromatic carbocycles. The summed E-state index contributed by atoms with van der Waals surface area (Å²) in [5.74, 6) is -0.416. The minimum Gasteiger partial charge on any atom is -0.497 e. The minimum absolute atomic E-state index is 0.0380. The number of nitrogens with one attached hydrogen (secondary N) is 2. The Morgan fingerprint density at radius 3 is 2.32 bits per heavy atom. The Hall–Kier alpha value is -1.81. The van der Waals surface area contributed by atoms with Gasteiger partial charge in [0.2, 0.25) is 15.9 Å². The van der Waals surface area contributed by atoms with E-state index in [0.29, 0.717) is 5.75 Å². The summed E-state index contributed by atoms with van der Waals surface area (Å²) in [4.78, 5) is 11.1. The van der Waals surface area contributed by atoms with Gasteiger partial charge in [0.1, 0.15) is 12.3 Å². The van der Waals surface area contributed by atoms with E-state index in [1.807, 2.05) is 0 Å². The van der Waals surface area contributed by atoms with Gasteiger partial charge in [-0.05, 0) is 24.3 Å². The highest BCUT2D eigenvalue weighted by Gasteiger charge is 2.27. The summed E-state index contributed by atoms with van der Waals surface area (Å²) in [7, 11) is -2.40. The smallest absolute Gasteiger partial charge is 0.405 e. The zero-order valence-corrected chi connectivity index (χ0v) is 12.4. The fraction of sp³-hybridized carbons (Fsp3) is 0.417. The first-order valence-electron chi connectivity index (χ1n) is 6.11. The summed E-state index contributed by atoms with van der Waals surface area (Å²) in [5.41, 5.74) is 0. The van der Waals surface area contributed by atoms with E-state index in [1.165, 1.54) is 31.4 Å².